The molecule has 0 fully saturated rings. The number of nitrogens with zero attached hydrogens (tertiary/aromatic N) is 3. The fourth-order valence-corrected chi connectivity index (χ4v) is 1.23. The van der Waals surface area contributed by atoms with Gasteiger partial charge in [0.05, 0.1) is 13.2 Å². The molecule has 15 heavy (non-hydrogen) atoms. The molecule has 0 aromatic heterocycles. The van der Waals surface area contributed by atoms with E-state index >= 15 is 0 Å². The van der Waals surface area contributed by atoms with Crippen LogP contribution in [-0.2, 0) is 11.3 Å². The predicted molar refractivity (Wildman–Crippen MR) is 59.6 cm³/mol. The van der Waals surface area contributed by atoms with Crippen LogP contribution >= 0.6 is 0 Å². The summed E-state index contributed by atoms with van der Waals surface area (Å²) < 4.78 is 5.35. The van der Waals surface area contributed by atoms with E-state index in [0.29, 0.717) is 19.8 Å². The zero-order valence-corrected chi connectivity index (χ0v) is 9.10. The lowest BCUT2D eigenvalue weighted by Gasteiger charge is -2.05. The first-order chi connectivity index (χ1) is 7.24. The van der Waals surface area contributed by atoms with E-state index in [9.17, 15) is 0 Å². The number of azide groups is 1. The zero-order chi connectivity index (χ0) is 11.1. The molecular formula is C11H15N3O. The summed E-state index contributed by atoms with van der Waals surface area (Å²) in [6.07, 6.45) is 0. The molecule has 0 heterocycles. The minimum Gasteiger partial charge on any atom is -0.377 e. The Labute approximate surface area is 89.5 Å². The third kappa shape index (κ3) is 4.02. The van der Waals surface area contributed by atoms with Gasteiger partial charge in [-0.2, -0.15) is 0 Å². The Balaban J connectivity index is 2.37. The van der Waals surface area contributed by atoms with Crippen LogP contribution in [0.25, 0.3) is 10.4 Å². The molecule has 4 nitrogen and oxygen atoms in total. The molecule has 0 aliphatic heterocycles. The summed E-state index contributed by atoms with van der Waals surface area (Å²) >= 11 is 0. The van der Waals surface area contributed by atoms with Crippen molar-refractivity contribution in [2.24, 2.45) is 5.11 Å². The topological polar surface area (TPSA) is 58.0 Å². The van der Waals surface area contributed by atoms with Crippen molar-refractivity contribution in [3.05, 3.63) is 45.3 Å². The lowest BCUT2D eigenvalue weighted by atomic mass is 10.1. The second-order valence-corrected chi connectivity index (χ2v) is 3.43. The Kier molecular flexibility index (Phi) is 4.68. The van der Waals surface area contributed by atoms with Crippen molar-refractivity contribution in [3.63, 3.8) is 0 Å². The van der Waals surface area contributed by atoms with E-state index in [1.165, 1.54) is 11.1 Å². The highest BCUT2D eigenvalue weighted by molar-refractivity contribution is 5.29. The minimum absolute atomic E-state index is 0.390. The zero-order valence-electron chi connectivity index (χ0n) is 9.10. The summed E-state index contributed by atoms with van der Waals surface area (Å²) in [7, 11) is 0. The van der Waals surface area contributed by atoms with E-state index in [2.05, 4.69) is 42.1 Å². The van der Waals surface area contributed by atoms with E-state index in [1.54, 1.807) is 0 Å². The van der Waals surface area contributed by atoms with Gasteiger partial charge in [-0.05, 0) is 36.1 Å². The summed E-state index contributed by atoms with van der Waals surface area (Å²) in [5, 5.41) is 3.39. The summed E-state index contributed by atoms with van der Waals surface area (Å²) in [6, 6.07) is 6.25. The van der Waals surface area contributed by atoms with Crippen LogP contribution < -0.4 is 0 Å². The molecule has 0 amide bonds. The van der Waals surface area contributed by atoms with E-state index in [1.807, 2.05) is 0 Å². The third-order valence-electron chi connectivity index (χ3n) is 2.24. The second kappa shape index (κ2) is 6.06. The third-order valence-corrected chi connectivity index (χ3v) is 2.24. The lowest BCUT2D eigenvalue weighted by molar-refractivity contribution is 0.128. The molecule has 0 saturated carbocycles. The SMILES string of the molecule is Cc1ccc(COCCN=[N+]=[N-])cc1C. The molecular weight excluding hydrogens is 190 g/mol. The van der Waals surface area contributed by atoms with E-state index in [0.717, 1.165) is 5.56 Å². The lowest BCUT2D eigenvalue weighted by Crippen LogP contribution is -1.98. The van der Waals surface area contributed by atoms with Gasteiger partial charge in [0.1, 0.15) is 0 Å². The van der Waals surface area contributed by atoms with Gasteiger partial charge in [-0.1, -0.05) is 23.3 Å². The van der Waals surface area contributed by atoms with Crippen molar-refractivity contribution >= 4 is 0 Å². The molecule has 80 valence electrons. The highest BCUT2D eigenvalue weighted by Gasteiger charge is 1.96. The minimum atomic E-state index is 0.390. The molecule has 0 saturated heterocycles. The molecule has 0 N–H and O–H groups in total. The number of benzene rings is 1. The number of aryl methyl sites for hydroxylation is 2. The molecule has 1 aromatic carbocycles. The van der Waals surface area contributed by atoms with Crippen LogP contribution in [0, 0.1) is 13.8 Å². The summed E-state index contributed by atoms with van der Waals surface area (Å²) in [4.78, 5) is 2.65. The highest BCUT2D eigenvalue weighted by Crippen LogP contribution is 2.10. The largest absolute Gasteiger partial charge is 0.377 e. The first kappa shape index (κ1) is 11.6. The molecule has 0 aliphatic carbocycles. The fourth-order valence-electron chi connectivity index (χ4n) is 1.23. The van der Waals surface area contributed by atoms with Gasteiger partial charge in [0.15, 0.2) is 0 Å². The molecule has 0 atom stereocenters. The summed E-state index contributed by atoms with van der Waals surface area (Å²) in [5.41, 5.74) is 11.8. The van der Waals surface area contributed by atoms with E-state index in [4.69, 9.17) is 10.3 Å². The molecule has 1 aromatic rings. The average molecular weight is 205 g/mol. The Bertz CT molecular complexity index is 370. The van der Waals surface area contributed by atoms with Crippen molar-refractivity contribution in [3.8, 4) is 0 Å². The van der Waals surface area contributed by atoms with Crippen molar-refractivity contribution in [2.45, 2.75) is 20.5 Å². The van der Waals surface area contributed by atoms with Crippen LogP contribution in [0.1, 0.15) is 16.7 Å². The molecule has 0 spiro atoms. The van der Waals surface area contributed by atoms with Gasteiger partial charge >= 0.3 is 0 Å². The summed E-state index contributed by atoms with van der Waals surface area (Å²) in [6.45, 7) is 5.60. The predicted octanol–water partition coefficient (Wildman–Crippen LogP) is 3.13. The molecule has 1 rings (SSSR count). The quantitative estimate of drug-likeness (QED) is 0.315. The summed E-state index contributed by atoms with van der Waals surface area (Å²) in [5.74, 6) is 0. The average Bonchev–Trinajstić information content (AvgIpc) is 2.23. The highest BCUT2D eigenvalue weighted by atomic mass is 16.5. The smallest absolute Gasteiger partial charge is 0.0716 e. The van der Waals surface area contributed by atoms with Crippen LogP contribution in [0.4, 0.5) is 0 Å². The van der Waals surface area contributed by atoms with Crippen LogP contribution in [0.15, 0.2) is 23.3 Å². The maximum absolute atomic E-state index is 8.05. The van der Waals surface area contributed by atoms with Crippen LogP contribution in [-0.4, -0.2) is 13.2 Å². The molecule has 0 radical (unpaired) electrons. The van der Waals surface area contributed by atoms with Gasteiger partial charge < -0.3 is 4.74 Å². The molecule has 4 heteroatoms. The Morgan fingerprint density at radius 2 is 2.13 bits per heavy atom. The van der Waals surface area contributed by atoms with Crippen LogP contribution in [0.5, 0.6) is 0 Å². The number of rotatable bonds is 5. The van der Waals surface area contributed by atoms with Gasteiger partial charge in [0.2, 0.25) is 0 Å². The molecule has 0 bridgehead atoms. The Hall–Kier alpha value is -1.51. The maximum Gasteiger partial charge on any atom is 0.0716 e. The first-order valence-corrected chi connectivity index (χ1v) is 4.89. The second-order valence-electron chi connectivity index (χ2n) is 3.43. The molecule has 0 aliphatic rings. The molecule has 0 unspecified atom stereocenters. The standard InChI is InChI=1S/C11H15N3O/c1-9-3-4-11(7-10(9)2)8-15-6-5-13-14-12/h3-4,7H,5-6,8H2,1-2H3. The maximum atomic E-state index is 8.05. The monoisotopic (exact) mass is 205 g/mol. The van der Waals surface area contributed by atoms with Crippen molar-refractivity contribution in [2.75, 3.05) is 13.2 Å². The Morgan fingerprint density at radius 3 is 2.80 bits per heavy atom. The van der Waals surface area contributed by atoms with Gasteiger partial charge in [-0.25, -0.2) is 0 Å². The van der Waals surface area contributed by atoms with Crippen LogP contribution in [0.3, 0.4) is 0 Å². The van der Waals surface area contributed by atoms with Gasteiger partial charge in [0.25, 0.3) is 0 Å². The first-order valence-electron chi connectivity index (χ1n) is 4.89. The number of ether oxygens (including phenoxy) is 1. The van der Waals surface area contributed by atoms with Gasteiger partial charge in [-0.15, -0.1) is 0 Å². The van der Waals surface area contributed by atoms with Crippen molar-refractivity contribution < 1.29 is 4.74 Å². The Morgan fingerprint density at radius 1 is 1.33 bits per heavy atom. The number of hydrogen-bond donors (Lipinski definition) is 0. The van der Waals surface area contributed by atoms with E-state index < -0.39 is 0 Å². The van der Waals surface area contributed by atoms with Gasteiger partial charge in [0, 0.05) is 11.5 Å². The normalized spacial score (nSPS) is 9.73. The van der Waals surface area contributed by atoms with Crippen molar-refractivity contribution in [1.82, 2.24) is 0 Å². The fraction of sp³-hybridized carbons (Fsp3) is 0.455. The number of hydrogen-bond acceptors (Lipinski definition) is 2. The van der Waals surface area contributed by atoms with Gasteiger partial charge in [-0.3, -0.25) is 0 Å². The van der Waals surface area contributed by atoms with E-state index in [-0.39, 0.29) is 0 Å². The van der Waals surface area contributed by atoms with Crippen LogP contribution in [0.2, 0.25) is 0 Å². The van der Waals surface area contributed by atoms with Crippen molar-refractivity contribution in [1.29, 1.82) is 0 Å².